The van der Waals surface area contributed by atoms with E-state index in [-0.39, 0.29) is 17.3 Å². The number of methoxy groups -OCH3 is 1. The van der Waals surface area contributed by atoms with E-state index in [1.54, 1.807) is 30.3 Å². The largest absolute Gasteiger partial charge is 0.507 e. The molecular weight excluding hydrogens is 389 g/mol. The smallest absolute Gasteiger partial charge is 0.302 e. The predicted molar refractivity (Wildman–Crippen MR) is 106 cm³/mol. The molecule has 1 aliphatic rings. The number of aliphatic hydroxyl groups excluding tert-OH is 1. The summed E-state index contributed by atoms with van der Waals surface area (Å²) in [5.41, 5.74) is 0.622. The molecule has 0 radical (unpaired) electrons. The third kappa shape index (κ3) is 3.28. The number of carbonyl (C=O) groups is 2. The Labute approximate surface area is 171 Å². The summed E-state index contributed by atoms with van der Waals surface area (Å²) in [7, 11) is 1.51. The second-order valence-corrected chi connectivity index (χ2v) is 6.50. The number of ketones is 1. The Hall–Kier alpha value is -4.07. The highest BCUT2D eigenvalue weighted by atomic mass is 19.1. The quantitative estimate of drug-likeness (QED) is 0.407. The number of hydrogen-bond acceptors (Lipinski definition) is 6. The lowest BCUT2D eigenvalue weighted by molar-refractivity contribution is -0.132. The molecule has 1 aromatic heterocycles. The Morgan fingerprint density at radius 3 is 2.27 bits per heavy atom. The first-order valence-corrected chi connectivity index (χ1v) is 8.99. The van der Waals surface area contributed by atoms with Crippen molar-refractivity contribution in [2.45, 2.75) is 6.04 Å². The van der Waals surface area contributed by atoms with Gasteiger partial charge < -0.3 is 9.84 Å². The molecule has 1 saturated heterocycles. The van der Waals surface area contributed by atoms with Crippen LogP contribution in [0.15, 0.2) is 72.6 Å². The van der Waals surface area contributed by atoms with Crippen molar-refractivity contribution < 1.29 is 23.8 Å². The highest BCUT2D eigenvalue weighted by Gasteiger charge is 2.48. The normalized spacial score (nSPS) is 17.9. The van der Waals surface area contributed by atoms with Crippen molar-refractivity contribution >= 4 is 23.4 Å². The molecular formula is C22H16FN3O4. The third-order valence-corrected chi connectivity index (χ3v) is 4.76. The van der Waals surface area contributed by atoms with Gasteiger partial charge in [-0.2, -0.15) is 0 Å². The van der Waals surface area contributed by atoms with Crippen LogP contribution in [0.1, 0.15) is 17.2 Å². The number of aromatic nitrogens is 2. The number of carbonyl (C=O) groups excluding carboxylic acids is 2. The fourth-order valence-electron chi connectivity index (χ4n) is 3.32. The fraction of sp³-hybridized carbons (Fsp3) is 0.0909. The van der Waals surface area contributed by atoms with Gasteiger partial charge in [0.2, 0.25) is 5.95 Å². The summed E-state index contributed by atoms with van der Waals surface area (Å²) in [6.45, 7) is 0. The molecule has 1 N–H and O–H groups in total. The van der Waals surface area contributed by atoms with E-state index in [1.807, 2.05) is 0 Å². The van der Waals surface area contributed by atoms with Gasteiger partial charge in [-0.1, -0.05) is 12.1 Å². The van der Waals surface area contributed by atoms with Crippen molar-refractivity contribution in [1.29, 1.82) is 0 Å². The van der Waals surface area contributed by atoms with E-state index < -0.39 is 23.5 Å². The molecule has 2 aromatic carbocycles. The molecule has 1 unspecified atom stereocenters. The van der Waals surface area contributed by atoms with Crippen LogP contribution in [0.25, 0.3) is 5.76 Å². The third-order valence-electron chi connectivity index (χ3n) is 4.76. The average Bonchev–Trinajstić information content (AvgIpc) is 3.05. The molecule has 0 bridgehead atoms. The molecule has 4 rings (SSSR count). The Bertz CT molecular complexity index is 1130. The number of benzene rings is 2. The summed E-state index contributed by atoms with van der Waals surface area (Å²) in [6.07, 6.45) is 2.87. The summed E-state index contributed by atoms with van der Waals surface area (Å²) in [6, 6.07) is 12.3. The van der Waals surface area contributed by atoms with E-state index >= 15 is 0 Å². The number of rotatable bonds is 4. The monoisotopic (exact) mass is 405 g/mol. The zero-order valence-corrected chi connectivity index (χ0v) is 15.8. The summed E-state index contributed by atoms with van der Waals surface area (Å²) in [4.78, 5) is 35.0. The van der Waals surface area contributed by atoms with Crippen molar-refractivity contribution in [2.75, 3.05) is 12.0 Å². The zero-order chi connectivity index (χ0) is 21.3. The van der Waals surface area contributed by atoms with Crippen molar-refractivity contribution in [1.82, 2.24) is 9.97 Å². The number of halogens is 1. The van der Waals surface area contributed by atoms with Crippen LogP contribution in [0.4, 0.5) is 10.3 Å². The lowest BCUT2D eigenvalue weighted by Crippen LogP contribution is -2.31. The van der Waals surface area contributed by atoms with E-state index in [1.165, 1.54) is 43.8 Å². The number of nitrogens with zero attached hydrogens (tertiary/aromatic N) is 3. The van der Waals surface area contributed by atoms with Crippen LogP contribution in [0.5, 0.6) is 5.75 Å². The van der Waals surface area contributed by atoms with Gasteiger partial charge in [0.25, 0.3) is 5.78 Å². The van der Waals surface area contributed by atoms with E-state index in [2.05, 4.69) is 9.97 Å². The second kappa shape index (κ2) is 7.75. The molecule has 1 aliphatic heterocycles. The van der Waals surface area contributed by atoms with Crippen molar-refractivity contribution in [3.63, 3.8) is 0 Å². The van der Waals surface area contributed by atoms with Gasteiger partial charge in [-0.05, 0) is 48.0 Å². The van der Waals surface area contributed by atoms with Crippen molar-refractivity contribution in [3.05, 3.63) is 89.5 Å². The highest BCUT2D eigenvalue weighted by molar-refractivity contribution is 6.51. The predicted octanol–water partition coefficient (Wildman–Crippen LogP) is 3.25. The number of ether oxygens (including phenoxy) is 1. The van der Waals surface area contributed by atoms with Gasteiger partial charge in [-0.3, -0.25) is 14.5 Å². The van der Waals surface area contributed by atoms with Crippen molar-refractivity contribution in [2.24, 2.45) is 0 Å². The van der Waals surface area contributed by atoms with Crippen molar-refractivity contribution in [3.8, 4) is 5.75 Å². The number of Topliss-reactive ketones (excluding diaryl/α,β-unsaturated/α-hetero) is 1. The number of amides is 1. The molecule has 2 heterocycles. The lowest BCUT2D eigenvalue weighted by Gasteiger charge is -2.23. The highest BCUT2D eigenvalue weighted by Crippen LogP contribution is 2.41. The zero-order valence-electron chi connectivity index (χ0n) is 15.8. The molecule has 1 amide bonds. The van der Waals surface area contributed by atoms with Crippen LogP contribution in [0.3, 0.4) is 0 Å². The number of hydrogen-bond donors (Lipinski definition) is 1. The van der Waals surface area contributed by atoms with Crippen LogP contribution < -0.4 is 9.64 Å². The maximum Gasteiger partial charge on any atom is 0.302 e. The Morgan fingerprint density at radius 1 is 1.03 bits per heavy atom. The SMILES string of the molecule is COc1ccc(C(O)=C2C(=O)C(=O)N(c3ncccn3)C2c2ccc(F)cc2)cc1. The molecule has 0 spiro atoms. The fourth-order valence-corrected chi connectivity index (χ4v) is 3.32. The molecule has 0 aliphatic carbocycles. The van der Waals surface area contributed by atoms with Gasteiger partial charge in [0.1, 0.15) is 17.3 Å². The molecule has 8 heteroatoms. The topological polar surface area (TPSA) is 92.6 Å². The molecule has 30 heavy (non-hydrogen) atoms. The molecule has 0 saturated carbocycles. The summed E-state index contributed by atoms with van der Waals surface area (Å²) < 4.78 is 18.6. The Balaban J connectivity index is 1.91. The minimum Gasteiger partial charge on any atom is -0.507 e. The maximum atomic E-state index is 13.5. The summed E-state index contributed by atoms with van der Waals surface area (Å²) in [5, 5.41) is 10.9. The average molecular weight is 405 g/mol. The number of aliphatic hydroxyl groups is 1. The molecule has 1 atom stereocenters. The van der Waals surface area contributed by atoms with Crippen LogP contribution in [0, 0.1) is 5.82 Å². The van der Waals surface area contributed by atoms with Gasteiger partial charge >= 0.3 is 5.91 Å². The van der Waals surface area contributed by atoms with Crippen LogP contribution in [0.2, 0.25) is 0 Å². The minimum atomic E-state index is -1.02. The van der Waals surface area contributed by atoms with Gasteiger partial charge in [0, 0.05) is 18.0 Å². The summed E-state index contributed by atoms with van der Waals surface area (Å²) in [5.74, 6) is -2.02. The van der Waals surface area contributed by atoms with Gasteiger partial charge in [-0.15, -0.1) is 0 Å². The van der Waals surface area contributed by atoms with Crippen LogP contribution in [-0.2, 0) is 9.59 Å². The molecule has 7 nitrogen and oxygen atoms in total. The summed E-state index contributed by atoms with van der Waals surface area (Å²) >= 11 is 0. The van der Waals surface area contributed by atoms with Gasteiger partial charge in [0.05, 0.1) is 18.7 Å². The van der Waals surface area contributed by atoms with Gasteiger partial charge in [-0.25, -0.2) is 14.4 Å². The lowest BCUT2D eigenvalue weighted by atomic mass is 9.95. The number of anilines is 1. The Kier molecular flexibility index (Phi) is 4.97. The first-order chi connectivity index (χ1) is 14.5. The molecule has 150 valence electrons. The first-order valence-electron chi connectivity index (χ1n) is 8.99. The second-order valence-electron chi connectivity index (χ2n) is 6.50. The van der Waals surface area contributed by atoms with Crippen LogP contribution in [-0.4, -0.2) is 33.9 Å². The molecule has 3 aromatic rings. The standard InChI is InChI=1S/C22H16FN3O4/c1-30-16-9-5-14(6-10-16)19(27)17-18(13-3-7-15(23)8-4-13)26(21(29)20(17)28)22-24-11-2-12-25-22/h2-12,18,27H,1H3. The minimum absolute atomic E-state index is 0.00251. The van der Waals surface area contributed by atoms with E-state index in [9.17, 15) is 19.1 Å². The van der Waals surface area contributed by atoms with E-state index in [4.69, 9.17) is 4.74 Å². The van der Waals surface area contributed by atoms with Crippen LogP contribution >= 0.6 is 0 Å². The maximum absolute atomic E-state index is 13.5. The van der Waals surface area contributed by atoms with E-state index in [0.29, 0.717) is 16.9 Å². The van der Waals surface area contributed by atoms with Gasteiger partial charge in [0.15, 0.2) is 0 Å². The first kappa shape index (κ1) is 19.3. The Morgan fingerprint density at radius 2 is 1.67 bits per heavy atom. The molecule has 1 fully saturated rings. The van der Waals surface area contributed by atoms with E-state index in [0.717, 1.165) is 4.90 Å².